The fourth-order valence-corrected chi connectivity index (χ4v) is 2.42. The lowest BCUT2D eigenvalue weighted by Crippen LogP contribution is -2.46. The van der Waals surface area contributed by atoms with E-state index in [1.54, 1.807) is 4.90 Å². The van der Waals surface area contributed by atoms with Crippen molar-refractivity contribution < 1.29 is 9.59 Å². The second-order valence-electron chi connectivity index (χ2n) is 5.88. The van der Waals surface area contributed by atoms with Crippen LogP contribution in [0.1, 0.15) is 40.5 Å². The Balaban J connectivity index is 2.52. The van der Waals surface area contributed by atoms with Crippen LogP contribution in [0.25, 0.3) is 0 Å². The molecule has 4 heteroatoms. The average molecular weight is 254 g/mol. The van der Waals surface area contributed by atoms with Gasteiger partial charge in [0.05, 0.1) is 6.54 Å². The van der Waals surface area contributed by atoms with E-state index in [1.165, 1.54) is 13.3 Å². The van der Waals surface area contributed by atoms with E-state index in [4.69, 9.17) is 0 Å². The highest BCUT2D eigenvalue weighted by atomic mass is 16.2. The summed E-state index contributed by atoms with van der Waals surface area (Å²) in [6.45, 7) is 10.4. The second kappa shape index (κ2) is 6.76. The van der Waals surface area contributed by atoms with E-state index in [0.29, 0.717) is 18.4 Å². The van der Waals surface area contributed by atoms with Gasteiger partial charge >= 0.3 is 0 Å². The smallest absolute Gasteiger partial charge is 0.242 e. The van der Waals surface area contributed by atoms with Crippen LogP contribution in [0.2, 0.25) is 0 Å². The van der Waals surface area contributed by atoms with Crippen LogP contribution in [0.5, 0.6) is 0 Å². The van der Waals surface area contributed by atoms with Crippen LogP contribution in [0.3, 0.4) is 0 Å². The summed E-state index contributed by atoms with van der Waals surface area (Å²) in [5, 5.41) is 0. The van der Waals surface area contributed by atoms with Crippen LogP contribution < -0.4 is 0 Å². The molecule has 1 fully saturated rings. The van der Waals surface area contributed by atoms with Crippen LogP contribution in [0.4, 0.5) is 0 Å². The quantitative estimate of drug-likeness (QED) is 0.767. The van der Waals surface area contributed by atoms with Crippen LogP contribution in [-0.2, 0) is 9.59 Å². The molecule has 104 valence electrons. The Kier molecular flexibility index (Phi) is 5.63. The van der Waals surface area contributed by atoms with Gasteiger partial charge in [-0.15, -0.1) is 0 Å². The zero-order valence-corrected chi connectivity index (χ0v) is 12.1. The predicted molar refractivity (Wildman–Crippen MR) is 72.1 cm³/mol. The number of likely N-dealkylation sites (tertiary alicyclic amines) is 1. The summed E-state index contributed by atoms with van der Waals surface area (Å²) >= 11 is 0. The normalized spacial score (nSPS) is 20.1. The molecule has 1 heterocycles. The molecule has 0 saturated carbocycles. The number of carbonyl (C=O) groups excluding carboxylic acids is 2. The van der Waals surface area contributed by atoms with Gasteiger partial charge in [-0.1, -0.05) is 20.8 Å². The molecule has 0 aromatic carbocycles. The third kappa shape index (κ3) is 4.67. The molecule has 1 unspecified atom stereocenters. The molecule has 0 aromatic rings. The molecule has 1 saturated heterocycles. The number of hydrogen-bond donors (Lipinski definition) is 0. The number of rotatable bonds is 4. The van der Waals surface area contributed by atoms with Crippen molar-refractivity contribution in [3.05, 3.63) is 0 Å². The summed E-state index contributed by atoms with van der Waals surface area (Å²) in [5.41, 5.74) is 0. The van der Waals surface area contributed by atoms with Gasteiger partial charge in [0.1, 0.15) is 0 Å². The third-order valence-electron chi connectivity index (χ3n) is 3.37. The molecule has 4 nitrogen and oxygen atoms in total. The molecule has 0 radical (unpaired) electrons. The first-order chi connectivity index (χ1) is 8.40. The Labute approximate surface area is 110 Å². The van der Waals surface area contributed by atoms with Gasteiger partial charge in [-0.2, -0.15) is 0 Å². The molecule has 0 N–H and O–H groups in total. The molecule has 0 spiro atoms. The van der Waals surface area contributed by atoms with Crippen molar-refractivity contribution in [3.8, 4) is 0 Å². The van der Waals surface area contributed by atoms with Crippen LogP contribution >= 0.6 is 0 Å². The number of amides is 2. The lowest BCUT2D eigenvalue weighted by atomic mass is 10.0. The molecule has 0 aromatic heterocycles. The predicted octanol–water partition coefficient (Wildman–Crippen LogP) is 1.75. The summed E-state index contributed by atoms with van der Waals surface area (Å²) in [4.78, 5) is 27.3. The first-order valence-corrected chi connectivity index (χ1v) is 6.93. The van der Waals surface area contributed by atoms with Crippen molar-refractivity contribution in [1.29, 1.82) is 0 Å². The van der Waals surface area contributed by atoms with E-state index >= 15 is 0 Å². The molecule has 1 atom stereocenters. The van der Waals surface area contributed by atoms with Gasteiger partial charge in [-0.25, -0.2) is 0 Å². The summed E-state index contributed by atoms with van der Waals surface area (Å²) in [6.07, 6.45) is 2.28. The topological polar surface area (TPSA) is 40.6 Å². The van der Waals surface area contributed by atoms with Gasteiger partial charge in [0, 0.05) is 26.6 Å². The Morgan fingerprint density at radius 3 is 2.56 bits per heavy atom. The van der Waals surface area contributed by atoms with Crippen LogP contribution in [0.15, 0.2) is 0 Å². The van der Waals surface area contributed by atoms with E-state index in [0.717, 1.165) is 19.5 Å². The van der Waals surface area contributed by atoms with E-state index in [1.807, 2.05) is 4.90 Å². The minimum atomic E-state index is -0.0119. The van der Waals surface area contributed by atoms with Crippen molar-refractivity contribution in [2.45, 2.75) is 40.5 Å². The molecule has 1 rings (SSSR count). The van der Waals surface area contributed by atoms with Crippen molar-refractivity contribution in [3.63, 3.8) is 0 Å². The lowest BCUT2D eigenvalue weighted by molar-refractivity contribution is -0.140. The molecule has 18 heavy (non-hydrogen) atoms. The summed E-state index contributed by atoms with van der Waals surface area (Å²) < 4.78 is 0. The van der Waals surface area contributed by atoms with Gasteiger partial charge in [0.15, 0.2) is 0 Å². The number of hydrogen-bond acceptors (Lipinski definition) is 2. The minimum Gasteiger partial charge on any atom is -0.341 e. The third-order valence-corrected chi connectivity index (χ3v) is 3.37. The molecule has 2 amide bonds. The lowest BCUT2D eigenvalue weighted by Gasteiger charge is -2.33. The van der Waals surface area contributed by atoms with Gasteiger partial charge in [-0.3, -0.25) is 9.59 Å². The largest absolute Gasteiger partial charge is 0.341 e. The van der Waals surface area contributed by atoms with Gasteiger partial charge in [0.25, 0.3) is 0 Å². The highest BCUT2D eigenvalue weighted by Gasteiger charge is 2.23. The monoisotopic (exact) mass is 254 g/mol. The van der Waals surface area contributed by atoms with Crippen molar-refractivity contribution >= 4 is 11.8 Å². The van der Waals surface area contributed by atoms with Gasteiger partial charge in [0.2, 0.25) is 11.8 Å². The fourth-order valence-electron chi connectivity index (χ4n) is 2.42. The fraction of sp³-hybridized carbons (Fsp3) is 0.857. The summed E-state index contributed by atoms with van der Waals surface area (Å²) in [7, 11) is 0. The maximum Gasteiger partial charge on any atom is 0.242 e. The molecular formula is C14H26N2O2. The molecule has 0 bridgehead atoms. The van der Waals surface area contributed by atoms with Crippen LogP contribution in [-0.4, -0.2) is 47.8 Å². The molecule has 1 aliphatic rings. The Morgan fingerprint density at radius 2 is 2.06 bits per heavy atom. The maximum absolute atomic E-state index is 12.2. The Hall–Kier alpha value is -1.06. The highest BCUT2D eigenvalue weighted by molar-refractivity contribution is 5.83. The maximum atomic E-state index is 12.2. The minimum absolute atomic E-state index is 0.0119. The van der Waals surface area contributed by atoms with E-state index < -0.39 is 0 Å². The summed E-state index contributed by atoms with van der Waals surface area (Å²) in [5.74, 6) is 1.06. The zero-order chi connectivity index (χ0) is 13.7. The first-order valence-electron chi connectivity index (χ1n) is 6.93. The molecule has 1 aliphatic heterocycles. The number of carbonyl (C=O) groups is 2. The Morgan fingerprint density at radius 1 is 1.39 bits per heavy atom. The zero-order valence-electron chi connectivity index (χ0n) is 12.1. The van der Waals surface area contributed by atoms with Crippen molar-refractivity contribution in [2.75, 3.05) is 26.2 Å². The van der Waals surface area contributed by atoms with E-state index in [-0.39, 0.29) is 18.4 Å². The number of nitrogens with zero attached hydrogens (tertiary/aromatic N) is 2. The van der Waals surface area contributed by atoms with Crippen molar-refractivity contribution in [1.82, 2.24) is 9.80 Å². The van der Waals surface area contributed by atoms with Gasteiger partial charge < -0.3 is 9.80 Å². The first kappa shape index (κ1) is 15.0. The Bertz CT molecular complexity index is 302. The molecule has 0 aliphatic carbocycles. The molecular weight excluding hydrogens is 228 g/mol. The van der Waals surface area contributed by atoms with Crippen LogP contribution in [0, 0.1) is 11.8 Å². The van der Waals surface area contributed by atoms with E-state index in [2.05, 4.69) is 20.8 Å². The number of piperidine rings is 1. The van der Waals surface area contributed by atoms with E-state index in [9.17, 15) is 9.59 Å². The highest BCUT2D eigenvalue weighted by Crippen LogP contribution is 2.15. The summed E-state index contributed by atoms with van der Waals surface area (Å²) in [6, 6.07) is 0. The van der Waals surface area contributed by atoms with Gasteiger partial charge in [-0.05, 0) is 24.7 Å². The SMILES string of the molecule is CC(=O)N(CC(=O)N1CCCC(C)C1)CC(C)C. The standard InChI is InChI=1S/C14H26N2O2/c1-11(2)8-16(13(4)17)10-14(18)15-7-5-6-12(3)9-15/h11-12H,5-10H2,1-4H3. The van der Waals surface area contributed by atoms with Crippen molar-refractivity contribution in [2.24, 2.45) is 11.8 Å². The average Bonchev–Trinajstić information content (AvgIpc) is 2.27. The second-order valence-corrected chi connectivity index (χ2v) is 5.88.